The van der Waals surface area contributed by atoms with Crippen LogP contribution in [-0.4, -0.2) is 24.8 Å². The summed E-state index contributed by atoms with van der Waals surface area (Å²) in [6, 6.07) is 0. The summed E-state index contributed by atoms with van der Waals surface area (Å²) in [5.41, 5.74) is 0. The standard InChI is InChI=1S/C8H11F4NO/c9-6(10)4-13-7(14)1-5-2-8(11,12)3-5/h5-6H,1-4H2,(H,13,14). The molecule has 1 aliphatic rings. The molecule has 1 N–H and O–H groups in total. The molecule has 14 heavy (non-hydrogen) atoms. The highest BCUT2D eigenvalue weighted by molar-refractivity contribution is 5.76. The number of nitrogens with one attached hydrogen (secondary N) is 1. The first-order valence-corrected chi connectivity index (χ1v) is 4.32. The van der Waals surface area contributed by atoms with Gasteiger partial charge in [-0.05, 0) is 5.92 Å². The zero-order chi connectivity index (χ0) is 10.8. The van der Waals surface area contributed by atoms with Gasteiger partial charge in [-0.25, -0.2) is 17.6 Å². The molecular formula is C8H11F4NO. The van der Waals surface area contributed by atoms with Crippen LogP contribution in [0.3, 0.4) is 0 Å². The molecule has 0 aromatic rings. The van der Waals surface area contributed by atoms with E-state index in [0.29, 0.717) is 0 Å². The van der Waals surface area contributed by atoms with Crippen molar-refractivity contribution in [3.05, 3.63) is 0 Å². The summed E-state index contributed by atoms with van der Waals surface area (Å²) >= 11 is 0. The highest BCUT2D eigenvalue weighted by Gasteiger charge is 2.45. The van der Waals surface area contributed by atoms with E-state index in [1.54, 1.807) is 0 Å². The number of hydrogen-bond acceptors (Lipinski definition) is 1. The van der Waals surface area contributed by atoms with E-state index in [1.807, 2.05) is 5.32 Å². The van der Waals surface area contributed by atoms with Crippen molar-refractivity contribution in [3.63, 3.8) is 0 Å². The zero-order valence-electron chi connectivity index (χ0n) is 7.40. The average Bonchev–Trinajstić information content (AvgIpc) is 1.97. The molecule has 0 heterocycles. The third-order valence-electron chi connectivity index (χ3n) is 2.10. The fourth-order valence-corrected chi connectivity index (χ4v) is 1.45. The van der Waals surface area contributed by atoms with Gasteiger partial charge in [0.25, 0.3) is 6.43 Å². The molecule has 0 aliphatic heterocycles. The normalized spacial score (nSPS) is 20.6. The Morgan fingerprint density at radius 2 is 2.00 bits per heavy atom. The molecule has 6 heteroatoms. The fraction of sp³-hybridized carbons (Fsp3) is 0.875. The van der Waals surface area contributed by atoms with Crippen molar-refractivity contribution in [1.82, 2.24) is 5.32 Å². The number of hydrogen-bond donors (Lipinski definition) is 1. The van der Waals surface area contributed by atoms with Gasteiger partial charge in [0.1, 0.15) is 0 Å². The zero-order valence-corrected chi connectivity index (χ0v) is 7.40. The fourth-order valence-electron chi connectivity index (χ4n) is 1.45. The number of carbonyl (C=O) groups excluding carboxylic acids is 1. The lowest BCUT2D eigenvalue weighted by Crippen LogP contribution is -2.39. The van der Waals surface area contributed by atoms with Gasteiger partial charge in [0, 0.05) is 19.3 Å². The molecule has 0 atom stereocenters. The van der Waals surface area contributed by atoms with E-state index >= 15 is 0 Å². The first-order valence-electron chi connectivity index (χ1n) is 4.32. The lowest BCUT2D eigenvalue weighted by atomic mass is 9.79. The Bertz CT molecular complexity index is 211. The summed E-state index contributed by atoms with van der Waals surface area (Å²) < 4.78 is 47.8. The predicted octanol–water partition coefficient (Wildman–Crippen LogP) is 1.80. The van der Waals surface area contributed by atoms with Crippen LogP contribution < -0.4 is 5.32 Å². The second-order valence-electron chi connectivity index (χ2n) is 3.53. The molecule has 1 aliphatic carbocycles. The molecule has 0 aromatic carbocycles. The largest absolute Gasteiger partial charge is 0.350 e. The van der Waals surface area contributed by atoms with Gasteiger partial charge < -0.3 is 5.32 Å². The summed E-state index contributed by atoms with van der Waals surface area (Å²) in [6.07, 6.45) is -3.30. The van der Waals surface area contributed by atoms with Crippen LogP contribution in [0.25, 0.3) is 0 Å². The van der Waals surface area contributed by atoms with Crippen molar-refractivity contribution in [2.75, 3.05) is 6.54 Å². The van der Waals surface area contributed by atoms with Gasteiger partial charge in [-0.15, -0.1) is 0 Å². The molecule has 1 fully saturated rings. The Morgan fingerprint density at radius 3 is 2.43 bits per heavy atom. The lowest BCUT2D eigenvalue weighted by Gasteiger charge is -2.34. The summed E-state index contributed by atoms with van der Waals surface area (Å²) in [7, 11) is 0. The third-order valence-corrected chi connectivity index (χ3v) is 2.10. The van der Waals surface area contributed by atoms with Gasteiger partial charge >= 0.3 is 0 Å². The van der Waals surface area contributed by atoms with Crippen LogP contribution >= 0.6 is 0 Å². The minimum absolute atomic E-state index is 0.0810. The Hall–Kier alpha value is -0.810. The molecule has 0 bridgehead atoms. The second-order valence-corrected chi connectivity index (χ2v) is 3.53. The van der Waals surface area contributed by atoms with Crippen molar-refractivity contribution < 1.29 is 22.4 Å². The molecular weight excluding hydrogens is 202 g/mol. The Labute approximate surface area is 78.7 Å². The van der Waals surface area contributed by atoms with Crippen LogP contribution in [0.1, 0.15) is 19.3 Å². The quantitative estimate of drug-likeness (QED) is 0.709. The molecule has 0 radical (unpaired) electrons. The highest BCUT2D eigenvalue weighted by atomic mass is 19.3. The van der Waals surface area contributed by atoms with Gasteiger partial charge in [-0.3, -0.25) is 4.79 Å². The van der Waals surface area contributed by atoms with E-state index in [-0.39, 0.29) is 25.2 Å². The van der Waals surface area contributed by atoms with Crippen LogP contribution in [0.4, 0.5) is 17.6 Å². The predicted molar refractivity (Wildman–Crippen MR) is 41.3 cm³/mol. The first-order chi connectivity index (χ1) is 6.39. The van der Waals surface area contributed by atoms with Crippen LogP contribution in [0.2, 0.25) is 0 Å². The second kappa shape index (κ2) is 4.14. The van der Waals surface area contributed by atoms with Gasteiger partial charge in [-0.2, -0.15) is 0 Å². The van der Waals surface area contributed by atoms with Crippen molar-refractivity contribution in [3.8, 4) is 0 Å². The SMILES string of the molecule is O=C(CC1CC(F)(F)C1)NCC(F)F. The maximum atomic E-state index is 12.3. The molecule has 2 nitrogen and oxygen atoms in total. The maximum Gasteiger partial charge on any atom is 0.255 e. The van der Waals surface area contributed by atoms with Gasteiger partial charge in [-0.1, -0.05) is 0 Å². The summed E-state index contributed by atoms with van der Waals surface area (Å²) in [5.74, 6) is -3.60. The molecule has 1 rings (SSSR count). The van der Waals surface area contributed by atoms with Crippen molar-refractivity contribution in [2.45, 2.75) is 31.6 Å². The molecule has 0 unspecified atom stereocenters. The van der Waals surface area contributed by atoms with Crippen LogP contribution in [0.5, 0.6) is 0 Å². The monoisotopic (exact) mass is 213 g/mol. The third kappa shape index (κ3) is 3.51. The Morgan fingerprint density at radius 1 is 1.43 bits per heavy atom. The minimum Gasteiger partial charge on any atom is -0.350 e. The van der Waals surface area contributed by atoms with Crippen molar-refractivity contribution in [1.29, 1.82) is 0 Å². The van der Waals surface area contributed by atoms with E-state index in [9.17, 15) is 22.4 Å². The summed E-state index contributed by atoms with van der Waals surface area (Å²) in [5, 5.41) is 1.97. The summed E-state index contributed by atoms with van der Waals surface area (Å²) in [6.45, 7) is -0.706. The average molecular weight is 213 g/mol. The lowest BCUT2D eigenvalue weighted by molar-refractivity contribution is -0.134. The van der Waals surface area contributed by atoms with Crippen LogP contribution in [0, 0.1) is 5.92 Å². The number of carbonyl (C=O) groups is 1. The molecule has 82 valence electrons. The number of amides is 1. The summed E-state index contributed by atoms with van der Waals surface area (Å²) in [4.78, 5) is 10.9. The molecule has 1 amide bonds. The smallest absolute Gasteiger partial charge is 0.255 e. The highest BCUT2D eigenvalue weighted by Crippen LogP contribution is 2.43. The van der Waals surface area contributed by atoms with E-state index in [2.05, 4.69) is 0 Å². The molecule has 1 saturated carbocycles. The number of alkyl halides is 4. The van der Waals surface area contributed by atoms with E-state index in [1.165, 1.54) is 0 Å². The van der Waals surface area contributed by atoms with Gasteiger partial charge in [0.2, 0.25) is 11.8 Å². The Balaban J connectivity index is 2.11. The first kappa shape index (κ1) is 11.3. The van der Waals surface area contributed by atoms with E-state index in [4.69, 9.17) is 0 Å². The number of rotatable bonds is 4. The maximum absolute atomic E-state index is 12.3. The molecule has 0 spiro atoms. The van der Waals surface area contributed by atoms with Crippen LogP contribution in [0.15, 0.2) is 0 Å². The minimum atomic E-state index is -2.66. The molecule has 0 aromatic heterocycles. The topological polar surface area (TPSA) is 29.1 Å². The van der Waals surface area contributed by atoms with Gasteiger partial charge in [0.05, 0.1) is 6.54 Å². The van der Waals surface area contributed by atoms with Crippen molar-refractivity contribution >= 4 is 5.91 Å². The van der Waals surface area contributed by atoms with E-state index in [0.717, 1.165) is 0 Å². The Kier molecular flexibility index (Phi) is 3.34. The molecule has 0 saturated heterocycles. The van der Waals surface area contributed by atoms with Crippen LogP contribution in [-0.2, 0) is 4.79 Å². The van der Waals surface area contributed by atoms with E-state index < -0.39 is 24.8 Å². The van der Waals surface area contributed by atoms with Gasteiger partial charge in [0.15, 0.2) is 0 Å². The van der Waals surface area contributed by atoms with Crippen molar-refractivity contribution in [2.24, 2.45) is 5.92 Å². The number of halogens is 4.